The van der Waals surface area contributed by atoms with Crippen LogP contribution in [0, 0.1) is 0 Å². The monoisotopic (exact) mass is 356 g/mol. The summed E-state index contributed by atoms with van der Waals surface area (Å²) in [6.07, 6.45) is -0.225. The fourth-order valence-electron chi connectivity index (χ4n) is 3.44. The van der Waals surface area contributed by atoms with Gasteiger partial charge in [0.05, 0.1) is 5.56 Å². The number of carbonyl (C=O) groups is 1. The van der Waals surface area contributed by atoms with E-state index in [1.165, 1.54) is 10.1 Å². The predicted molar refractivity (Wildman–Crippen MR) is 108 cm³/mol. The van der Waals surface area contributed by atoms with Gasteiger partial charge in [-0.15, -0.1) is 11.3 Å². The predicted octanol–water partition coefficient (Wildman–Crippen LogP) is 5.67. The lowest BCUT2D eigenvalue weighted by Crippen LogP contribution is -2.42. The lowest BCUT2D eigenvalue weighted by Gasteiger charge is -2.37. The number of hydrogen-bond donors (Lipinski definition) is 1. The molecule has 26 heavy (non-hydrogen) atoms. The number of hydrogen-bond acceptors (Lipinski definition) is 3. The first-order valence-electron chi connectivity index (χ1n) is 8.54. The van der Waals surface area contributed by atoms with Crippen LogP contribution in [0.4, 0.5) is 11.4 Å². The van der Waals surface area contributed by atoms with Crippen molar-refractivity contribution >= 4 is 38.7 Å². The van der Waals surface area contributed by atoms with Crippen molar-refractivity contribution in [3.63, 3.8) is 0 Å². The van der Waals surface area contributed by atoms with E-state index < -0.39 is 0 Å². The summed E-state index contributed by atoms with van der Waals surface area (Å²) >= 11 is 1.72. The van der Waals surface area contributed by atoms with Crippen molar-refractivity contribution in [2.24, 2.45) is 0 Å². The van der Waals surface area contributed by atoms with E-state index in [0.717, 1.165) is 16.3 Å². The smallest absolute Gasteiger partial charge is 0.262 e. The molecule has 1 aromatic heterocycles. The van der Waals surface area contributed by atoms with E-state index in [1.807, 2.05) is 71.6 Å². The third-order valence-corrected chi connectivity index (χ3v) is 5.84. The topological polar surface area (TPSA) is 32.3 Å². The molecule has 126 valence electrons. The van der Waals surface area contributed by atoms with Crippen molar-refractivity contribution in [2.75, 3.05) is 10.2 Å². The molecular weight excluding hydrogens is 340 g/mol. The van der Waals surface area contributed by atoms with Crippen LogP contribution in [0.1, 0.15) is 21.4 Å². The molecule has 1 N–H and O–H groups in total. The Labute approximate surface area is 155 Å². The highest BCUT2D eigenvalue weighted by Gasteiger charge is 2.34. The average Bonchev–Trinajstić information content (AvgIpc) is 3.13. The standard InChI is InChI=1S/C22H16N2OS/c25-22-17-11-5-6-12-18(17)23-21(24(22)16-9-2-1-3-10-16)20-14-15-8-4-7-13-19(15)26-20/h1-14,21,23H. The first-order chi connectivity index (χ1) is 12.8. The minimum absolute atomic E-state index is 0.0213. The number of nitrogens with zero attached hydrogens (tertiary/aromatic N) is 1. The first-order valence-corrected chi connectivity index (χ1v) is 9.35. The second-order valence-electron chi connectivity index (χ2n) is 6.29. The zero-order valence-corrected chi connectivity index (χ0v) is 14.7. The summed E-state index contributed by atoms with van der Waals surface area (Å²) in [5, 5.41) is 4.77. The molecule has 2 heterocycles. The van der Waals surface area contributed by atoms with E-state index in [4.69, 9.17) is 0 Å². The highest BCUT2D eigenvalue weighted by molar-refractivity contribution is 7.19. The number of thiophene rings is 1. The molecule has 1 aliphatic heterocycles. The molecule has 3 nitrogen and oxygen atoms in total. The van der Waals surface area contributed by atoms with Crippen molar-refractivity contribution in [1.82, 2.24) is 0 Å². The van der Waals surface area contributed by atoms with Crippen LogP contribution in [0.25, 0.3) is 10.1 Å². The molecule has 1 atom stereocenters. The van der Waals surface area contributed by atoms with Gasteiger partial charge >= 0.3 is 0 Å². The third kappa shape index (κ3) is 2.38. The molecule has 0 bridgehead atoms. The number of nitrogens with one attached hydrogen (secondary N) is 1. The summed E-state index contributed by atoms with van der Waals surface area (Å²) in [6, 6.07) is 28.1. The maximum Gasteiger partial charge on any atom is 0.262 e. The molecule has 5 rings (SSSR count). The largest absolute Gasteiger partial charge is 0.360 e. The molecule has 1 unspecified atom stereocenters. The van der Waals surface area contributed by atoms with Crippen LogP contribution in [0.5, 0.6) is 0 Å². The first kappa shape index (κ1) is 15.2. The Morgan fingerprint density at radius 3 is 2.42 bits per heavy atom. The van der Waals surface area contributed by atoms with E-state index >= 15 is 0 Å². The minimum atomic E-state index is -0.225. The van der Waals surface area contributed by atoms with Gasteiger partial charge in [0.2, 0.25) is 0 Å². The zero-order chi connectivity index (χ0) is 17.5. The third-order valence-electron chi connectivity index (χ3n) is 4.68. The van der Waals surface area contributed by atoms with E-state index in [9.17, 15) is 4.79 Å². The fourth-order valence-corrected chi connectivity index (χ4v) is 4.55. The molecule has 0 radical (unpaired) electrons. The van der Waals surface area contributed by atoms with E-state index in [2.05, 4.69) is 23.5 Å². The Bertz CT molecular complexity index is 1070. The quantitative estimate of drug-likeness (QED) is 0.502. The van der Waals surface area contributed by atoms with Gasteiger partial charge in [-0.25, -0.2) is 0 Å². The van der Waals surface area contributed by atoms with Gasteiger partial charge in [-0.2, -0.15) is 0 Å². The maximum absolute atomic E-state index is 13.3. The molecule has 1 amide bonds. The minimum Gasteiger partial charge on any atom is -0.360 e. The van der Waals surface area contributed by atoms with Crippen LogP contribution in [-0.4, -0.2) is 5.91 Å². The van der Waals surface area contributed by atoms with Gasteiger partial charge < -0.3 is 5.32 Å². The van der Waals surface area contributed by atoms with Crippen molar-refractivity contribution < 1.29 is 4.79 Å². The normalized spacial score (nSPS) is 16.4. The van der Waals surface area contributed by atoms with Gasteiger partial charge in [0.25, 0.3) is 5.91 Å². The Balaban J connectivity index is 1.69. The SMILES string of the molecule is O=C1c2ccccc2NC(c2cc3ccccc3s2)N1c1ccccc1. The lowest BCUT2D eigenvalue weighted by molar-refractivity contribution is 0.0975. The average molecular weight is 356 g/mol. The van der Waals surface area contributed by atoms with Gasteiger partial charge in [-0.05, 0) is 41.8 Å². The molecule has 4 aromatic rings. The summed E-state index contributed by atoms with van der Waals surface area (Å²) in [6.45, 7) is 0. The van der Waals surface area contributed by atoms with E-state index in [1.54, 1.807) is 11.3 Å². The Morgan fingerprint density at radius 2 is 1.58 bits per heavy atom. The molecule has 0 saturated heterocycles. The second kappa shape index (κ2) is 6.00. The van der Waals surface area contributed by atoms with Gasteiger partial charge in [-0.3, -0.25) is 9.69 Å². The van der Waals surface area contributed by atoms with Gasteiger partial charge in [-0.1, -0.05) is 48.5 Å². The summed E-state index contributed by atoms with van der Waals surface area (Å²) in [5.41, 5.74) is 2.47. The summed E-state index contributed by atoms with van der Waals surface area (Å²) < 4.78 is 1.23. The molecule has 3 aromatic carbocycles. The Morgan fingerprint density at radius 1 is 0.846 bits per heavy atom. The van der Waals surface area contributed by atoms with Crippen LogP contribution in [0.2, 0.25) is 0 Å². The summed E-state index contributed by atoms with van der Waals surface area (Å²) in [4.78, 5) is 16.3. The van der Waals surface area contributed by atoms with Crippen molar-refractivity contribution in [2.45, 2.75) is 6.17 Å². The summed E-state index contributed by atoms with van der Waals surface area (Å²) in [7, 11) is 0. The Hall–Kier alpha value is -3.11. The number of rotatable bonds is 2. The summed E-state index contributed by atoms with van der Waals surface area (Å²) in [5.74, 6) is 0.0213. The molecule has 0 saturated carbocycles. The number of fused-ring (bicyclic) bond motifs is 2. The van der Waals surface area contributed by atoms with Gasteiger partial charge in [0.1, 0.15) is 6.17 Å². The van der Waals surface area contributed by atoms with Crippen molar-refractivity contribution in [3.05, 3.63) is 95.4 Å². The molecule has 1 aliphatic rings. The highest BCUT2D eigenvalue weighted by Crippen LogP contribution is 2.40. The highest BCUT2D eigenvalue weighted by atomic mass is 32.1. The van der Waals surface area contributed by atoms with Gasteiger partial charge in [0.15, 0.2) is 0 Å². The van der Waals surface area contributed by atoms with Crippen molar-refractivity contribution in [1.29, 1.82) is 0 Å². The number of anilines is 2. The molecule has 4 heteroatoms. The van der Waals surface area contributed by atoms with Crippen LogP contribution >= 0.6 is 11.3 Å². The fraction of sp³-hybridized carbons (Fsp3) is 0.0455. The Kier molecular flexibility index (Phi) is 3.50. The van der Waals surface area contributed by atoms with Crippen LogP contribution in [0.15, 0.2) is 84.9 Å². The van der Waals surface area contributed by atoms with Gasteiger partial charge in [0, 0.05) is 21.0 Å². The van der Waals surface area contributed by atoms with E-state index in [-0.39, 0.29) is 12.1 Å². The van der Waals surface area contributed by atoms with E-state index in [0.29, 0.717) is 5.56 Å². The van der Waals surface area contributed by atoms with Crippen LogP contribution in [0.3, 0.4) is 0 Å². The number of amides is 1. The molecule has 0 spiro atoms. The maximum atomic E-state index is 13.3. The molecular formula is C22H16N2OS. The van der Waals surface area contributed by atoms with Crippen molar-refractivity contribution in [3.8, 4) is 0 Å². The molecule has 0 fully saturated rings. The molecule has 0 aliphatic carbocycles. The van der Waals surface area contributed by atoms with Crippen LogP contribution in [-0.2, 0) is 0 Å². The van der Waals surface area contributed by atoms with Crippen LogP contribution < -0.4 is 10.2 Å². The second-order valence-corrected chi connectivity index (χ2v) is 7.41. The number of para-hydroxylation sites is 2. The lowest BCUT2D eigenvalue weighted by atomic mass is 10.1. The zero-order valence-electron chi connectivity index (χ0n) is 13.9. The number of benzene rings is 3. The number of carbonyl (C=O) groups excluding carboxylic acids is 1.